The molecule has 3 heterocycles. The van der Waals surface area contributed by atoms with Crippen molar-refractivity contribution in [2.24, 2.45) is 11.3 Å². The van der Waals surface area contributed by atoms with Gasteiger partial charge in [0, 0.05) is 22.9 Å². The van der Waals surface area contributed by atoms with Crippen LogP contribution in [0.5, 0.6) is 17.2 Å². The van der Waals surface area contributed by atoms with Crippen molar-refractivity contribution in [3.63, 3.8) is 0 Å². The summed E-state index contributed by atoms with van der Waals surface area (Å²) in [5, 5.41) is 3.07. The zero-order valence-corrected chi connectivity index (χ0v) is 24.6. The number of rotatable bonds is 6. The van der Waals surface area contributed by atoms with Crippen molar-refractivity contribution in [1.82, 2.24) is 4.90 Å². The number of ketones is 2. The van der Waals surface area contributed by atoms with Gasteiger partial charge in [0.1, 0.15) is 5.41 Å². The number of ether oxygens (including phenoxy) is 3. The average Bonchev–Trinajstić information content (AvgIpc) is 3.47. The predicted octanol–water partition coefficient (Wildman–Crippen LogP) is 5.43. The number of Topliss-reactive ketones (excluding diaryl/α,β-unsaturated/α-hetero) is 2. The molecule has 6 rings (SSSR count). The Bertz CT molecular complexity index is 1630. The molecule has 0 aromatic heterocycles. The van der Waals surface area contributed by atoms with Crippen LogP contribution in [0.25, 0.3) is 6.08 Å². The minimum atomic E-state index is -1.40. The largest absolute Gasteiger partial charge is 0.493 e. The molecular weight excluding hydrogens is 532 g/mol. The van der Waals surface area contributed by atoms with E-state index < -0.39 is 28.8 Å². The lowest BCUT2D eigenvalue weighted by molar-refractivity contribution is -0.131. The van der Waals surface area contributed by atoms with E-state index in [-0.39, 0.29) is 23.0 Å². The van der Waals surface area contributed by atoms with Gasteiger partial charge in [-0.2, -0.15) is 0 Å². The normalized spacial score (nSPS) is 23.6. The van der Waals surface area contributed by atoms with E-state index in [4.69, 9.17) is 14.2 Å². The highest BCUT2D eigenvalue weighted by Crippen LogP contribution is 2.62. The lowest BCUT2D eigenvalue weighted by Gasteiger charge is -2.38. The molecule has 0 aliphatic carbocycles. The van der Waals surface area contributed by atoms with Gasteiger partial charge in [-0.25, -0.2) is 0 Å². The van der Waals surface area contributed by atoms with Crippen LogP contribution in [0, 0.1) is 11.3 Å². The maximum atomic E-state index is 15.1. The second kappa shape index (κ2) is 9.76. The van der Waals surface area contributed by atoms with Crippen molar-refractivity contribution >= 4 is 29.2 Å². The first-order chi connectivity index (χ1) is 20.1. The summed E-state index contributed by atoms with van der Waals surface area (Å²) in [7, 11) is 4.46. The molecule has 8 nitrogen and oxygen atoms in total. The Balaban J connectivity index is 1.68. The van der Waals surface area contributed by atoms with Crippen molar-refractivity contribution in [3.8, 4) is 17.2 Å². The summed E-state index contributed by atoms with van der Waals surface area (Å²) in [6.07, 6.45) is 3.83. The SMILES string of the molecule is COc1cc(C(=O)[C@@H]2[C@@H](C(=O)C(C)(C)C)N3C=Cc4ccccc4[C@@H]3[C@]23C(=O)Nc2ccccc23)cc(OC)c1OC. The molecule has 3 aromatic rings. The molecular formula is C34H34N2O6. The van der Waals surface area contributed by atoms with E-state index >= 15 is 4.79 Å². The van der Waals surface area contributed by atoms with Crippen molar-refractivity contribution in [2.45, 2.75) is 38.3 Å². The molecule has 1 spiro atoms. The lowest BCUT2D eigenvalue weighted by atomic mass is 9.62. The third-order valence-electron chi connectivity index (χ3n) is 8.81. The first-order valence-electron chi connectivity index (χ1n) is 13.9. The second-order valence-electron chi connectivity index (χ2n) is 12.0. The maximum Gasteiger partial charge on any atom is 0.238 e. The van der Waals surface area contributed by atoms with Crippen molar-refractivity contribution in [1.29, 1.82) is 0 Å². The Hall–Kier alpha value is -4.59. The number of nitrogens with one attached hydrogen (secondary N) is 1. The van der Waals surface area contributed by atoms with Gasteiger partial charge in [-0.3, -0.25) is 14.4 Å². The smallest absolute Gasteiger partial charge is 0.238 e. The molecule has 4 atom stereocenters. The van der Waals surface area contributed by atoms with Crippen LogP contribution in [-0.4, -0.2) is 49.7 Å². The summed E-state index contributed by atoms with van der Waals surface area (Å²) in [6.45, 7) is 5.54. The van der Waals surface area contributed by atoms with Crippen LogP contribution in [0.3, 0.4) is 0 Å². The Morgan fingerprint density at radius 1 is 0.905 bits per heavy atom. The average molecular weight is 567 g/mol. The van der Waals surface area contributed by atoms with Crippen LogP contribution < -0.4 is 19.5 Å². The fourth-order valence-electron chi connectivity index (χ4n) is 7.01. The molecule has 8 heteroatoms. The monoisotopic (exact) mass is 566 g/mol. The van der Waals surface area contributed by atoms with Crippen LogP contribution >= 0.6 is 0 Å². The number of hydrogen-bond acceptors (Lipinski definition) is 7. The van der Waals surface area contributed by atoms with Gasteiger partial charge in [-0.15, -0.1) is 0 Å². The topological polar surface area (TPSA) is 94.2 Å². The zero-order chi connectivity index (χ0) is 30.0. The third kappa shape index (κ3) is 3.70. The fraction of sp³-hybridized carbons (Fsp3) is 0.324. The van der Waals surface area contributed by atoms with Gasteiger partial charge in [0.15, 0.2) is 23.1 Å². The molecule has 1 saturated heterocycles. The minimum Gasteiger partial charge on any atom is -0.493 e. The molecule has 0 bridgehead atoms. The molecule has 3 aliphatic rings. The number of carbonyl (C=O) groups excluding carboxylic acids is 3. The second-order valence-corrected chi connectivity index (χ2v) is 12.0. The molecule has 0 saturated carbocycles. The fourth-order valence-corrected chi connectivity index (χ4v) is 7.01. The third-order valence-corrected chi connectivity index (χ3v) is 8.81. The molecule has 42 heavy (non-hydrogen) atoms. The number of fused-ring (bicyclic) bond motifs is 6. The Morgan fingerprint density at radius 3 is 2.19 bits per heavy atom. The van der Waals surface area contributed by atoms with E-state index in [1.165, 1.54) is 21.3 Å². The van der Waals surface area contributed by atoms with E-state index in [9.17, 15) is 9.59 Å². The summed E-state index contributed by atoms with van der Waals surface area (Å²) in [6, 6.07) is 17.0. The Kier molecular flexibility index (Phi) is 6.40. The van der Waals surface area contributed by atoms with E-state index in [0.717, 1.165) is 11.1 Å². The highest BCUT2D eigenvalue weighted by atomic mass is 16.5. The van der Waals surface area contributed by atoms with Crippen molar-refractivity contribution < 1.29 is 28.6 Å². The number of para-hydroxylation sites is 1. The molecule has 1 fully saturated rings. The lowest BCUT2D eigenvalue weighted by Crippen LogP contribution is -2.50. The summed E-state index contributed by atoms with van der Waals surface area (Å²) < 4.78 is 16.6. The molecule has 3 aliphatic heterocycles. The molecule has 216 valence electrons. The zero-order valence-electron chi connectivity index (χ0n) is 24.6. The summed E-state index contributed by atoms with van der Waals surface area (Å²) in [4.78, 5) is 46.0. The predicted molar refractivity (Wildman–Crippen MR) is 159 cm³/mol. The summed E-state index contributed by atoms with van der Waals surface area (Å²) >= 11 is 0. The molecule has 3 aromatic carbocycles. The van der Waals surface area contributed by atoms with Gasteiger partial charge < -0.3 is 24.4 Å². The highest BCUT2D eigenvalue weighted by Gasteiger charge is 2.71. The number of amides is 1. The van der Waals surface area contributed by atoms with Gasteiger partial charge in [0.2, 0.25) is 11.7 Å². The molecule has 0 radical (unpaired) electrons. The Labute approximate surface area is 245 Å². The van der Waals surface area contributed by atoms with Crippen LogP contribution in [0.2, 0.25) is 0 Å². The highest BCUT2D eigenvalue weighted by molar-refractivity contribution is 6.15. The van der Waals surface area contributed by atoms with Gasteiger partial charge in [0.25, 0.3) is 0 Å². The summed E-state index contributed by atoms with van der Waals surface area (Å²) in [5.41, 5.74) is 1.23. The molecule has 1 amide bonds. The summed E-state index contributed by atoms with van der Waals surface area (Å²) in [5.74, 6) is -0.899. The number of anilines is 1. The van der Waals surface area contributed by atoms with Crippen LogP contribution in [0.4, 0.5) is 5.69 Å². The van der Waals surface area contributed by atoms with Gasteiger partial charge in [0.05, 0.1) is 39.3 Å². The standard InChI is InChI=1S/C34H34N2O6/c1-33(2,3)31(38)27-26(28(37)20-17-24(40-4)29(42-6)25(18-20)41-5)34(22-13-9-10-14-23(22)35-32(34)39)30-21-12-8-7-11-19(21)15-16-36(27)30/h7-18,26-27,30H,1-6H3,(H,35,39)/t26-,27-,30+,34+/m0/s1. The van der Waals surface area contributed by atoms with E-state index in [0.29, 0.717) is 28.5 Å². The maximum absolute atomic E-state index is 15.1. The Morgan fingerprint density at radius 2 is 1.55 bits per heavy atom. The van der Waals surface area contributed by atoms with Gasteiger partial charge in [-0.05, 0) is 41.0 Å². The van der Waals surface area contributed by atoms with E-state index in [2.05, 4.69) is 5.32 Å². The number of hydrogen-bond donors (Lipinski definition) is 1. The van der Waals surface area contributed by atoms with Crippen LogP contribution in [-0.2, 0) is 15.0 Å². The van der Waals surface area contributed by atoms with Gasteiger partial charge >= 0.3 is 0 Å². The quantitative estimate of drug-likeness (QED) is 0.398. The first-order valence-corrected chi connectivity index (χ1v) is 13.9. The van der Waals surface area contributed by atoms with Crippen molar-refractivity contribution in [3.05, 3.63) is 89.1 Å². The molecule has 0 unspecified atom stereocenters. The van der Waals surface area contributed by atoms with E-state index in [1.807, 2.05) is 86.5 Å². The van der Waals surface area contributed by atoms with Crippen LogP contribution in [0.15, 0.2) is 66.9 Å². The molecule has 1 N–H and O–H groups in total. The number of carbonyl (C=O) groups is 3. The number of nitrogens with zero attached hydrogens (tertiary/aromatic N) is 1. The van der Waals surface area contributed by atoms with Crippen molar-refractivity contribution in [2.75, 3.05) is 26.6 Å². The number of benzene rings is 3. The van der Waals surface area contributed by atoms with E-state index in [1.54, 1.807) is 12.1 Å². The number of methoxy groups -OCH3 is 3. The van der Waals surface area contributed by atoms with Gasteiger partial charge in [-0.1, -0.05) is 63.2 Å². The minimum absolute atomic E-state index is 0.128. The first kappa shape index (κ1) is 27.6. The van der Waals surface area contributed by atoms with Crippen LogP contribution in [0.1, 0.15) is 53.9 Å².